The SMILES string of the molecule is CN1CCCC1C1CCCN1C(=O)C1(S(C)(=O)=O)CCCC1. The zero-order valence-corrected chi connectivity index (χ0v) is 14.6. The van der Waals surface area contributed by atoms with Crippen LogP contribution in [0.4, 0.5) is 0 Å². The normalized spacial score (nSPS) is 32.7. The molecule has 0 bridgehead atoms. The van der Waals surface area contributed by atoms with E-state index in [9.17, 15) is 13.2 Å². The van der Waals surface area contributed by atoms with E-state index < -0.39 is 14.6 Å². The Morgan fingerprint density at radius 2 is 1.59 bits per heavy atom. The second-order valence-corrected chi connectivity index (χ2v) is 9.70. The molecule has 1 saturated carbocycles. The second-order valence-electron chi connectivity index (χ2n) is 7.37. The number of rotatable bonds is 3. The molecule has 0 N–H and O–H groups in total. The molecule has 0 aromatic carbocycles. The smallest absolute Gasteiger partial charge is 0.244 e. The third-order valence-corrected chi connectivity index (χ3v) is 8.09. The van der Waals surface area contributed by atoms with E-state index in [1.54, 1.807) is 0 Å². The first kappa shape index (κ1) is 16.2. The topological polar surface area (TPSA) is 57.7 Å². The van der Waals surface area contributed by atoms with Gasteiger partial charge in [-0.15, -0.1) is 0 Å². The molecule has 1 amide bonds. The monoisotopic (exact) mass is 328 g/mol. The Balaban J connectivity index is 1.87. The standard InChI is InChI=1S/C16H28N2O3S/c1-17-11-5-7-13(17)14-8-6-12-18(14)15(19)16(22(2,20)21)9-3-4-10-16/h13-14H,3-12H2,1-2H3. The van der Waals surface area contributed by atoms with Crippen molar-refractivity contribution in [1.82, 2.24) is 9.80 Å². The second kappa shape index (κ2) is 5.78. The number of likely N-dealkylation sites (N-methyl/N-ethyl adjacent to an activating group) is 1. The van der Waals surface area contributed by atoms with Crippen molar-refractivity contribution in [3.05, 3.63) is 0 Å². The van der Waals surface area contributed by atoms with Gasteiger partial charge in [0.05, 0.1) is 0 Å². The van der Waals surface area contributed by atoms with Crippen LogP contribution in [0.1, 0.15) is 51.4 Å². The maximum Gasteiger partial charge on any atom is 0.244 e. The van der Waals surface area contributed by atoms with Gasteiger partial charge in [-0.25, -0.2) is 8.42 Å². The maximum absolute atomic E-state index is 13.2. The summed E-state index contributed by atoms with van der Waals surface area (Å²) < 4.78 is 23.6. The molecule has 1 aliphatic carbocycles. The third kappa shape index (κ3) is 2.48. The van der Waals surface area contributed by atoms with Crippen molar-refractivity contribution >= 4 is 15.7 Å². The number of nitrogens with zero attached hydrogens (tertiary/aromatic N) is 2. The van der Waals surface area contributed by atoms with Crippen LogP contribution in [-0.4, -0.2) is 67.3 Å². The lowest BCUT2D eigenvalue weighted by Crippen LogP contribution is -2.56. The highest BCUT2D eigenvalue weighted by atomic mass is 32.2. The van der Waals surface area contributed by atoms with Crippen LogP contribution >= 0.6 is 0 Å². The highest BCUT2D eigenvalue weighted by Gasteiger charge is 2.54. The van der Waals surface area contributed by atoms with Crippen molar-refractivity contribution in [2.24, 2.45) is 0 Å². The van der Waals surface area contributed by atoms with Crippen molar-refractivity contribution in [3.63, 3.8) is 0 Å². The van der Waals surface area contributed by atoms with Crippen molar-refractivity contribution in [1.29, 1.82) is 0 Å². The van der Waals surface area contributed by atoms with Gasteiger partial charge in [-0.1, -0.05) is 12.8 Å². The van der Waals surface area contributed by atoms with Crippen LogP contribution in [0, 0.1) is 0 Å². The molecule has 0 spiro atoms. The number of sulfone groups is 1. The van der Waals surface area contributed by atoms with Crippen molar-refractivity contribution in [2.75, 3.05) is 26.4 Å². The Morgan fingerprint density at radius 3 is 2.14 bits per heavy atom. The van der Waals surface area contributed by atoms with Crippen LogP contribution in [0.15, 0.2) is 0 Å². The van der Waals surface area contributed by atoms with Gasteiger partial charge in [0.15, 0.2) is 14.6 Å². The summed E-state index contributed by atoms with van der Waals surface area (Å²) >= 11 is 0. The van der Waals surface area contributed by atoms with E-state index in [1.807, 2.05) is 4.90 Å². The predicted octanol–water partition coefficient (Wildman–Crippen LogP) is 1.43. The van der Waals surface area contributed by atoms with Gasteiger partial charge in [-0.3, -0.25) is 4.79 Å². The largest absolute Gasteiger partial charge is 0.337 e. The lowest BCUT2D eigenvalue weighted by molar-refractivity contribution is -0.135. The molecule has 3 rings (SSSR count). The van der Waals surface area contributed by atoms with Gasteiger partial charge >= 0.3 is 0 Å². The third-order valence-electron chi connectivity index (χ3n) is 6.09. The van der Waals surface area contributed by atoms with Crippen LogP contribution in [0.25, 0.3) is 0 Å². The molecular formula is C16H28N2O3S. The molecule has 3 aliphatic rings. The van der Waals surface area contributed by atoms with Gasteiger partial charge in [0.25, 0.3) is 0 Å². The average molecular weight is 328 g/mol. The molecule has 0 aromatic heterocycles. The van der Waals surface area contributed by atoms with E-state index in [2.05, 4.69) is 11.9 Å². The quantitative estimate of drug-likeness (QED) is 0.786. The Morgan fingerprint density at radius 1 is 1.00 bits per heavy atom. The predicted molar refractivity (Wildman–Crippen MR) is 86.4 cm³/mol. The van der Waals surface area contributed by atoms with Gasteiger partial charge in [0, 0.05) is 24.9 Å². The van der Waals surface area contributed by atoms with Gasteiger partial charge in [0.1, 0.15) is 0 Å². The summed E-state index contributed by atoms with van der Waals surface area (Å²) in [6, 6.07) is 0.615. The number of amides is 1. The fourth-order valence-electron chi connectivity index (χ4n) is 4.82. The Hall–Kier alpha value is -0.620. The van der Waals surface area contributed by atoms with E-state index >= 15 is 0 Å². The van der Waals surface area contributed by atoms with Crippen molar-refractivity contribution in [3.8, 4) is 0 Å². The van der Waals surface area contributed by atoms with E-state index in [0.29, 0.717) is 18.9 Å². The van der Waals surface area contributed by atoms with Crippen LogP contribution < -0.4 is 0 Å². The molecule has 0 radical (unpaired) electrons. The number of carbonyl (C=O) groups excluding carboxylic acids is 1. The molecule has 22 heavy (non-hydrogen) atoms. The van der Waals surface area contributed by atoms with Crippen molar-refractivity contribution < 1.29 is 13.2 Å². The molecule has 2 heterocycles. The number of hydrogen-bond acceptors (Lipinski definition) is 4. The summed E-state index contributed by atoms with van der Waals surface area (Å²) in [5, 5.41) is 0. The lowest BCUT2D eigenvalue weighted by atomic mass is 10.00. The first-order valence-electron chi connectivity index (χ1n) is 8.58. The lowest BCUT2D eigenvalue weighted by Gasteiger charge is -2.38. The first-order valence-corrected chi connectivity index (χ1v) is 10.5. The number of hydrogen-bond donors (Lipinski definition) is 0. The maximum atomic E-state index is 13.2. The molecule has 126 valence electrons. The minimum Gasteiger partial charge on any atom is -0.337 e. The molecule has 6 heteroatoms. The molecule has 2 saturated heterocycles. The Bertz CT molecular complexity index is 540. The van der Waals surface area contributed by atoms with E-state index in [1.165, 1.54) is 12.7 Å². The van der Waals surface area contributed by atoms with Gasteiger partial charge in [0.2, 0.25) is 5.91 Å². The average Bonchev–Trinajstić information content (AvgIpc) is 3.17. The van der Waals surface area contributed by atoms with E-state index in [4.69, 9.17) is 0 Å². The molecule has 2 atom stereocenters. The highest BCUT2D eigenvalue weighted by molar-refractivity contribution is 7.92. The molecule has 5 nitrogen and oxygen atoms in total. The fourth-order valence-corrected chi connectivity index (χ4v) is 6.28. The molecule has 2 aliphatic heterocycles. The summed E-state index contributed by atoms with van der Waals surface area (Å²) in [6.45, 7) is 1.81. The van der Waals surface area contributed by atoms with Gasteiger partial charge in [-0.2, -0.15) is 0 Å². The van der Waals surface area contributed by atoms with Crippen molar-refractivity contribution in [2.45, 2.75) is 68.2 Å². The molecule has 0 aromatic rings. The summed E-state index contributed by atoms with van der Waals surface area (Å²) in [4.78, 5) is 17.5. The highest BCUT2D eigenvalue weighted by Crippen LogP contribution is 2.40. The fraction of sp³-hybridized carbons (Fsp3) is 0.938. The number of likely N-dealkylation sites (tertiary alicyclic amines) is 2. The molecule has 3 fully saturated rings. The minimum absolute atomic E-state index is 0.102. The van der Waals surface area contributed by atoms with E-state index in [0.717, 1.165) is 45.2 Å². The van der Waals surface area contributed by atoms with Gasteiger partial charge in [-0.05, 0) is 52.1 Å². The summed E-state index contributed by atoms with van der Waals surface area (Å²) in [7, 11) is -1.24. The molecular weight excluding hydrogens is 300 g/mol. The van der Waals surface area contributed by atoms with Crippen LogP contribution in [0.5, 0.6) is 0 Å². The number of carbonyl (C=O) groups is 1. The minimum atomic E-state index is -3.37. The summed E-state index contributed by atoms with van der Waals surface area (Å²) in [5.74, 6) is -0.102. The zero-order valence-electron chi connectivity index (χ0n) is 13.8. The van der Waals surface area contributed by atoms with Crippen LogP contribution in [-0.2, 0) is 14.6 Å². The van der Waals surface area contributed by atoms with E-state index in [-0.39, 0.29) is 11.9 Å². The Kier molecular flexibility index (Phi) is 4.27. The van der Waals surface area contributed by atoms with Gasteiger partial charge < -0.3 is 9.80 Å². The van der Waals surface area contributed by atoms with Crippen LogP contribution in [0.3, 0.4) is 0 Å². The first-order chi connectivity index (χ1) is 10.4. The Labute approximate surface area is 134 Å². The summed E-state index contributed by atoms with van der Waals surface area (Å²) in [6.07, 6.45) is 8.28. The summed E-state index contributed by atoms with van der Waals surface area (Å²) in [5.41, 5.74) is 0. The molecule has 2 unspecified atom stereocenters. The van der Waals surface area contributed by atoms with Crippen LogP contribution in [0.2, 0.25) is 0 Å². The zero-order chi connectivity index (χ0) is 16.0.